The minimum Gasteiger partial charge on any atom is -0.481 e. The predicted molar refractivity (Wildman–Crippen MR) is 196 cm³/mol. The van der Waals surface area contributed by atoms with Crippen LogP contribution in [-0.2, 0) is 14.4 Å². The van der Waals surface area contributed by atoms with Crippen LogP contribution in [0.4, 0.5) is 25.1 Å². The zero-order valence-corrected chi connectivity index (χ0v) is 31.5. The predicted octanol–water partition coefficient (Wildman–Crippen LogP) is 5.56. The van der Waals surface area contributed by atoms with Gasteiger partial charge in [0.05, 0.1) is 42.6 Å². The maximum absolute atomic E-state index is 12.7. The van der Waals surface area contributed by atoms with Gasteiger partial charge in [-0.25, -0.2) is 43.1 Å². The van der Waals surface area contributed by atoms with E-state index >= 15 is 0 Å². The average molecular weight is 766 g/mol. The number of ketones is 2. The maximum Gasteiger partial charge on any atom is 0.309 e. The molecule has 0 radical (unpaired) electrons. The Bertz CT molecular complexity index is 1540. The number of carboxylic acids is 1. The van der Waals surface area contributed by atoms with Crippen molar-refractivity contribution in [2.75, 3.05) is 49.1 Å². The normalized spacial score (nSPS) is 16.0. The zero-order valence-electron chi connectivity index (χ0n) is 30.7. The van der Waals surface area contributed by atoms with Gasteiger partial charge >= 0.3 is 5.97 Å². The molecule has 13 nitrogen and oxygen atoms in total. The van der Waals surface area contributed by atoms with Crippen LogP contribution in [0.2, 0.25) is 5.28 Å². The summed E-state index contributed by atoms with van der Waals surface area (Å²) in [5, 5.41) is 12.3. The molecular formula is C36H51ClF3N9O4. The molecule has 0 atom stereocenters. The Morgan fingerprint density at radius 1 is 0.642 bits per heavy atom. The van der Waals surface area contributed by atoms with Gasteiger partial charge in [-0.15, -0.1) is 0 Å². The SMILES string of the molecule is C.CC(=O)C(C)(C)C1CN(c2ncc(F)cn2)C1.CC(=O)C(C)(C)C1CNC1.CC(C)(C(=O)O)C1CN(c2ncc(F)cn2)C1.Fc1cnc(Cl)nc1. The van der Waals surface area contributed by atoms with E-state index in [1.807, 2.05) is 37.5 Å². The van der Waals surface area contributed by atoms with Crippen molar-refractivity contribution in [3.8, 4) is 0 Å². The maximum atomic E-state index is 12.7. The first kappa shape index (κ1) is 44.8. The molecule has 3 aromatic heterocycles. The molecule has 6 rings (SSSR count). The molecule has 0 amide bonds. The van der Waals surface area contributed by atoms with E-state index in [1.165, 1.54) is 0 Å². The largest absolute Gasteiger partial charge is 0.481 e. The number of carbonyl (C=O) groups is 3. The first-order chi connectivity index (χ1) is 24.2. The summed E-state index contributed by atoms with van der Waals surface area (Å²) in [6.45, 7) is 19.4. The molecule has 17 heteroatoms. The van der Waals surface area contributed by atoms with E-state index < -0.39 is 28.8 Å². The number of Topliss-reactive ketones (excluding diaryl/α,β-unsaturated/α-hetero) is 2. The molecule has 3 fully saturated rings. The van der Waals surface area contributed by atoms with Gasteiger partial charge in [0, 0.05) is 61.9 Å². The quantitative estimate of drug-likeness (QED) is 0.274. The summed E-state index contributed by atoms with van der Waals surface area (Å²) in [5.74, 6) is 0.225. The summed E-state index contributed by atoms with van der Waals surface area (Å²) in [4.78, 5) is 59.7. The Labute approximate surface area is 314 Å². The number of hydrogen-bond donors (Lipinski definition) is 2. The first-order valence-electron chi connectivity index (χ1n) is 16.7. The van der Waals surface area contributed by atoms with Crippen molar-refractivity contribution in [2.24, 2.45) is 34.0 Å². The first-order valence-corrected chi connectivity index (χ1v) is 17.1. The minimum atomic E-state index is -0.804. The summed E-state index contributed by atoms with van der Waals surface area (Å²) in [7, 11) is 0. The molecule has 3 saturated heterocycles. The second-order valence-electron chi connectivity index (χ2n) is 14.7. The molecule has 0 unspecified atom stereocenters. The van der Waals surface area contributed by atoms with Crippen LogP contribution in [0, 0.1) is 51.5 Å². The number of carboxylic acid groups (broad SMARTS) is 1. The van der Waals surface area contributed by atoms with Crippen LogP contribution in [0.3, 0.4) is 0 Å². The highest BCUT2D eigenvalue weighted by molar-refractivity contribution is 6.28. The third-order valence-corrected chi connectivity index (χ3v) is 10.5. The van der Waals surface area contributed by atoms with Gasteiger partial charge in [-0.2, -0.15) is 0 Å². The van der Waals surface area contributed by atoms with Gasteiger partial charge in [0.1, 0.15) is 11.6 Å². The van der Waals surface area contributed by atoms with Crippen molar-refractivity contribution in [1.29, 1.82) is 0 Å². The van der Waals surface area contributed by atoms with Gasteiger partial charge in [0.25, 0.3) is 0 Å². The lowest BCUT2D eigenvalue weighted by Crippen LogP contribution is -2.55. The van der Waals surface area contributed by atoms with Crippen molar-refractivity contribution < 1.29 is 32.7 Å². The van der Waals surface area contributed by atoms with Crippen molar-refractivity contribution >= 4 is 41.0 Å². The van der Waals surface area contributed by atoms with Crippen molar-refractivity contribution in [3.63, 3.8) is 0 Å². The lowest BCUT2D eigenvalue weighted by atomic mass is 9.72. The number of halogens is 4. The van der Waals surface area contributed by atoms with Crippen LogP contribution in [0.5, 0.6) is 0 Å². The standard InChI is InChI=1S/C12H16FN3O.C11H14FN3O2.C8H15NO.C4H2ClFN2.CH4/c1-8(17)12(2,3)9-6-16(7-9)11-14-4-10(13)5-15-11;1-11(2,9(16)17)7-5-15(6-7)10-13-3-8(12)4-14-10;1-6(10)8(2,3)7-4-9-5-7;5-4-7-1-3(6)2-8-4;/h4-5,9H,6-7H2,1-3H3;3-4,7H,5-6H2,1-2H3,(H,16,17);7,9H,4-5H2,1-3H3;1-2H;1H4. The van der Waals surface area contributed by atoms with E-state index in [1.54, 1.807) is 27.7 Å². The van der Waals surface area contributed by atoms with Gasteiger partial charge in [0.15, 0.2) is 17.5 Å². The number of nitrogens with zero attached hydrogens (tertiary/aromatic N) is 8. The van der Waals surface area contributed by atoms with Crippen LogP contribution >= 0.6 is 11.6 Å². The Balaban J connectivity index is 0.000000254. The van der Waals surface area contributed by atoms with E-state index in [0.717, 1.165) is 63.4 Å². The fraction of sp³-hybridized carbons (Fsp3) is 0.583. The molecule has 0 aromatic carbocycles. The molecule has 0 bridgehead atoms. The van der Waals surface area contributed by atoms with Gasteiger partial charge in [-0.1, -0.05) is 35.1 Å². The summed E-state index contributed by atoms with van der Waals surface area (Å²) in [5.41, 5.74) is -1.17. The molecule has 2 N–H and O–H groups in total. The summed E-state index contributed by atoms with van der Waals surface area (Å²) < 4.78 is 37.2. The van der Waals surface area contributed by atoms with Crippen molar-refractivity contribution in [1.82, 2.24) is 35.2 Å². The summed E-state index contributed by atoms with van der Waals surface area (Å²) in [6, 6.07) is 0. The highest BCUT2D eigenvalue weighted by atomic mass is 35.5. The van der Waals surface area contributed by atoms with Gasteiger partial charge in [-0.05, 0) is 45.2 Å². The minimum absolute atomic E-state index is 0. The number of carbonyl (C=O) groups excluding carboxylic acids is 2. The van der Waals surface area contributed by atoms with E-state index in [2.05, 4.69) is 35.2 Å². The van der Waals surface area contributed by atoms with Crippen LogP contribution in [-0.4, -0.2) is 91.8 Å². The number of nitrogens with one attached hydrogen (secondary N) is 1. The highest BCUT2D eigenvalue weighted by Crippen LogP contribution is 2.37. The van der Waals surface area contributed by atoms with Gasteiger partial charge < -0.3 is 20.2 Å². The summed E-state index contributed by atoms with van der Waals surface area (Å²) >= 11 is 5.22. The third-order valence-electron chi connectivity index (χ3n) is 10.3. The fourth-order valence-electron chi connectivity index (χ4n) is 4.98. The Kier molecular flexibility index (Phi) is 15.8. The molecule has 3 aromatic rings. The van der Waals surface area contributed by atoms with Crippen molar-refractivity contribution in [2.45, 2.75) is 62.8 Å². The zero-order chi connectivity index (χ0) is 39.0. The number of hydrogen-bond acceptors (Lipinski definition) is 12. The number of anilines is 2. The van der Waals surface area contributed by atoms with Crippen molar-refractivity contribution in [3.05, 3.63) is 59.9 Å². The molecule has 0 spiro atoms. The summed E-state index contributed by atoms with van der Waals surface area (Å²) in [6.07, 6.45) is 6.55. The van der Waals surface area contributed by atoms with Gasteiger partial charge in [-0.3, -0.25) is 14.4 Å². The smallest absolute Gasteiger partial charge is 0.309 e. The lowest BCUT2D eigenvalue weighted by Gasteiger charge is -2.46. The molecule has 0 saturated carbocycles. The molecule has 3 aliphatic heterocycles. The molecule has 292 valence electrons. The topological polar surface area (TPSA) is 167 Å². The number of rotatable bonds is 8. The Morgan fingerprint density at radius 3 is 1.19 bits per heavy atom. The fourth-order valence-corrected chi connectivity index (χ4v) is 5.08. The molecular weight excluding hydrogens is 715 g/mol. The third kappa shape index (κ3) is 11.8. The Morgan fingerprint density at radius 2 is 0.943 bits per heavy atom. The Hall–Kier alpha value is -4.31. The molecule has 0 aliphatic carbocycles. The highest BCUT2D eigenvalue weighted by Gasteiger charge is 2.45. The monoisotopic (exact) mass is 765 g/mol. The van der Waals surface area contributed by atoms with E-state index in [9.17, 15) is 27.6 Å². The average Bonchev–Trinajstić information content (AvgIpc) is 2.98. The van der Waals surface area contributed by atoms with E-state index in [4.69, 9.17) is 16.7 Å². The number of aliphatic carboxylic acids is 1. The second kappa shape index (κ2) is 18.6. The van der Waals surface area contributed by atoms with Crippen LogP contribution < -0.4 is 15.1 Å². The van der Waals surface area contributed by atoms with Crippen LogP contribution in [0.1, 0.15) is 62.8 Å². The lowest BCUT2D eigenvalue weighted by molar-refractivity contribution is -0.150. The van der Waals surface area contributed by atoms with E-state index in [-0.39, 0.29) is 35.2 Å². The molecule has 3 aliphatic rings. The second-order valence-corrected chi connectivity index (χ2v) is 15.1. The van der Waals surface area contributed by atoms with E-state index in [0.29, 0.717) is 42.6 Å². The molecule has 6 heterocycles. The van der Waals surface area contributed by atoms with Gasteiger partial charge in [0.2, 0.25) is 17.2 Å². The number of aromatic nitrogens is 6. The van der Waals surface area contributed by atoms with Crippen LogP contribution in [0.15, 0.2) is 37.2 Å². The van der Waals surface area contributed by atoms with Crippen LogP contribution in [0.25, 0.3) is 0 Å². The molecule has 53 heavy (non-hydrogen) atoms.